The first-order chi connectivity index (χ1) is 8.82. The Labute approximate surface area is 105 Å². The summed E-state index contributed by atoms with van der Waals surface area (Å²) in [6.45, 7) is 0. The summed E-state index contributed by atoms with van der Waals surface area (Å²) in [5, 5.41) is 0. The lowest BCUT2D eigenvalue weighted by molar-refractivity contribution is -0.599. The first kappa shape index (κ1) is 18.1. The minimum Gasteiger partial charge on any atom is -0.245 e. The van der Waals surface area contributed by atoms with Gasteiger partial charge in [-0.2, -0.15) is 52.7 Å². The van der Waals surface area contributed by atoms with E-state index >= 15 is 0 Å². The van der Waals surface area contributed by atoms with E-state index in [4.69, 9.17) is 0 Å². The van der Waals surface area contributed by atoms with Crippen molar-refractivity contribution in [1.29, 1.82) is 0 Å². The normalized spacial score (nSPS) is 33.0. The van der Waals surface area contributed by atoms with Gasteiger partial charge in [-0.15, -0.1) is 0 Å². The largest absolute Gasteiger partial charge is 0.468 e. The van der Waals surface area contributed by atoms with Crippen LogP contribution >= 0.6 is 0 Å². The van der Waals surface area contributed by atoms with Crippen LogP contribution in [0, 0.1) is 0 Å². The van der Waals surface area contributed by atoms with Crippen LogP contribution < -0.4 is 0 Å². The molecule has 1 aliphatic heterocycles. The Kier molecular flexibility index (Phi) is 3.48. The number of nitrogens with zero attached hydrogens (tertiary/aromatic N) is 1. The van der Waals surface area contributed by atoms with Crippen LogP contribution in [0.3, 0.4) is 0 Å². The second-order valence-corrected chi connectivity index (χ2v) is 3.60. The molecule has 0 aromatic heterocycles. The second-order valence-electron chi connectivity index (χ2n) is 3.60. The zero-order valence-corrected chi connectivity index (χ0v) is 8.77. The van der Waals surface area contributed by atoms with Gasteiger partial charge in [0.25, 0.3) is 0 Å². The molecule has 0 spiro atoms. The monoisotopic (exact) mass is 349 g/mol. The molecule has 15 heteroatoms. The predicted molar refractivity (Wildman–Crippen MR) is 33.7 cm³/mol. The third kappa shape index (κ3) is 2.20. The van der Waals surface area contributed by atoms with Gasteiger partial charge in [0, 0.05) is 0 Å². The summed E-state index contributed by atoms with van der Waals surface area (Å²) in [6.07, 6.45) is -28.3. The lowest BCUT2D eigenvalue weighted by atomic mass is 10.1. The average molecular weight is 349 g/mol. The van der Waals surface area contributed by atoms with Crippen molar-refractivity contribution < 1.29 is 61.8 Å². The summed E-state index contributed by atoms with van der Waals surface area (Å²) >= 11 is 0. The van der Waals surface area contributed by atoms with Crippen LogP contribution in [0.15, 0.2) is 0 Å². The molecule has 1 aliphatic rings. The molecule has 0 aromatic carbocycles. The number of hydrogen-bond donors (Lipinski definition) is 0. The Morgan fingerprint density at radius 2 is 1.05 bits per heavy atom. The Bertz CT molecular complexity index is 423. The van der Waals surface area contributed by atoms with Crippen LogP contribution in [0.2, 0.25) is 0 Å². The van der Waals surface area contributed by atoms with Crippen LogP contribution in [-0.2, 0) is 4.74 Å². The molecular formula is C6F13NO. The van der Waals surface area contributed by atoms with Crippen molar-refractivity contribution in [1.82, 2.24) is 4.90 Å². The van der Waals surface area contributed by atoms with E-state index in [1.807, 2.05) is 0 Å². The van der Waals surface area contributed by atoms with E-state index in [0.717, 1.165) is 0 Å². The SMILES string of the molecule is FC(F)(F)N1C(F)(F)C(F)(F)OC(F)(F)C1(F)C(F)(F)F. The molecule has 1 rings (SSSR count). The van der Waals surface area contributed by atoms with Gasteiger partial charge in [0.2, 0.25) is 0 Å². The fourth-order valence-corrected chi connectivity index (χ4v) is 1.37. The van der Waals surface area contributed by atoms with Crippen molar-refractivity contribution in [3.05, 3.63) is 0 Å². The topological polar surface area (TPSA) is 12.5 Å². The first-order valence-electron chi connectivity index (χ1n) is 4.29. The third-order valence-corrected chi connectivity index (χ3v) is 2.21. The predicted octanol–water partition coefficient (Wildman–Crippen LogP) is 3.84. The zero-order chi connectivity index (χ0) is 17.3. The summed E-state index contributed by atoms with van der Waals surface area (Å²) in [6, 6.07) is -7.10. The van der Waals surface area contributed by atoms with Crippen LogP contribution in [0.5, 0.6) is 0 Å². The molecule has 0 aliphatic carbocycles. The number of halogens is 13. The molecule has 0 aromatic rings. The average Bonchev–Trinajstić information content (AvgIpc) is 2.08. The van der Waals surface area contributed by atoms with Crippen molar-refractivity contribution >= 4 is 0 Å². The molecule has 0 amide bonds. The van der Waals surface area contributed by atoms with Gasteiger partial charge >= 0.3 is 36.5 Å². The number of ether oxygens (including phenoxy) is 1. The van der Waals surface area contributed by atoms with Crippen LogP contribution in [0.4, 0.5) is 57.1 Å². The summed E-state index contributed by atoms with van der Waals surface area (Å²) in [5.41, 5.74) is 0. The highest BCUT2D eigenvalue weighted by Crippen LogP contribution is 2.62. The molecule has 1 unspecified atom stereocenters. The fourth-order valence-electron chi connectivity index (χ4n) is 1.37. The highest BCUT2D eigenvalue weighted by molar-refractivity contribution is 5.05. The minimum absolute atomic E-state index is 1.69. The van der Waals surface area contributed by atoms with Gasteiger partial charge in [0.05, 0.1) is 0 Å². The standard InChI is InChI=1S/C6F13NO/c7-1(2(8,9)10)4(13,14)21-5(15,16)3(11,12)20(1)6(17,18)19. The minimum atomic E-state index is -7.36. The third-order valence-electron chi connectivity index (χ3n) is 2.21. The molecular weight excluding hydrogens is 349 g/mol. The summed E-state index contributed by atoms with van der Waals surface area (Å²) in [7, 11) is 0. The molecule has 21 heavy (non-hydrogen) atoms. The maximum atomic E-state index is 13.2. The molecule has 0 saturated carbocycles. The Hall–Kier alpha value is -0.990. The Balaban J connectivity index is 3.74. The van der Waals surface area contributed by atoms with Crippen molar-refractivity contribution in [2.75, 3.05) is 0 Å². The second kappa shape index (κ2) is 4.05. The van der Waals surface area contributed by atoms with Crippen LogP contribution in [0.25, 0.3) is 0 Å². The molecule has 1 saturated heterocycles. The summed E-state index contributed by atoms with van der Waals surface area (Å²) in [5.74, 6) is -7.27. The van der Waals surface area contributed by atoms with Crippen molar-refractivity contribution in [2.24, 2.45) is 0 Å². The molecule has 1 atom stereocenters. The maximum Gasteiger partial charge on any atom is 0.468 e. The maximum absolute atomic E-state index is 13.2. The molecule has 0 bridgehead atoms. The number of alkyl halides is 13. The van der Waals surface area contributed by atoms with Gasteiger partial charge in [0.15, 0.2) is 0 Å². The van der Waals surface area contributed by atoms with Gasteiger partial charge in [-0.25, -0.2) is 9.13 Å². The molecule has 1 fully saturated rings. The summed E-state index contributed by atoms with van der Waals surface area (Å²) < 4.78 is 164. The van der Waals surface area contributed by atoms with Gasteiger partial charge in [0.1, 0.15) is 0 Å². The Morgan fingerprint density at radius 1 is 0.667 bits per heavy atom. The van der Waals surface area contributed by atoms with Crippen LogP contribution in [0.1, 0.15) is 0 Å². The first-order valence-corrected chi connectivity index (χ1v) is 4.29. The quantitative estimate of drug-likeness (QED) is 0.487. The van der Waals surface area contributed by atoms with Crippen molar-refractivity contribution in [3.8, 4) is 0 Å². The fraction of sp³-hybridized carbons (Fsp3) is 1.00. The van der Waals surface area contributed by atoms with E-state index in [1.165, 1.54) is 0 Å². The molecule has 0 N–H and O–H groups in total. The van der Waals surface area contributed by atoms with Crippen LogP contribution in [-0.4, -0.2) is 41.4 Å². The summed E-state index contributed by atoms with van der Waals surface area (Å²) in [4.78, 5) is -3.91. The van der Waals surface area contributed by atoms with Gasteiger partial charge in [-0.1, -0.05) is 4.90 Å². The van der Waals surface area contributed by atoms with E-state index in [-0.39, 0.29) is 0 Å². The van der Waals surface area contributed by atoms with E-state index in [1.54, 1.807) is 4.74 Å². The lowest BCUT2D eigenvalue weighted by Gasteiger charge is -2.50. The van der Waals surface area contributed by atoms with Gasteiger partial charge in [-0.05, 0) is 0 Å². The van der Waals surface area contributed by atoms with Gasteiger partial charge in [-0.3, -0.25) is 0 Å². The number of rotatable bonds is 0. The number of hydrogen-bond acceptors (Lipinski definition) is 2. The van der Waals surface area contributed by atoms with Crippen molar-refractivity contribution in [2.45, 2.75) is 36.5 Å². The molecule has 126 valence electrons. The van der Waals surface area contributed by atoms with Gasteiger partial charge < -0.3 is 0 Å². The van der Waals surface area contributed by atoms with Crippen molar-refractivity contribution in [3.63, 3.8) is 0 Å². The van der Waals surface area contributed by atoms with E-state index in [9.17, 15) is 57.1 Å². The molecule has 2 nitrogen and oxygen atoms in total. The molecule has 0 radical (unpaired) electrons. The number of morpholine rings is 1. The smallest absolute Gasteiger partial charge is 0.245 e. The van der Waals surface area contributed by atoms with E-state index < -0.39 is 41.4 Å². The highest BCUT2D eigenvalue weighted by atomic mass is 19.4. The Morgan fingerprint density at radius 3 is 1.33 bits per heavy atom. The molecule has 1 heterocycles. The highest BCUT2D eigenvalue weighted by Gasteiger charge is 2.92. The lowest BCUT2D eigenvalue weighted by Crippen LogP contribution is -2.82. The van der Waals surface area contributed by atoms with E-state index in [0.29, 0.717) is 0 Å². The van der Waals surface area contributed by atoms with E-state index in [2.05, 4.69) is 0 Å². The zero-order valence-electron chi connectivity index (χ0n) is 8.77.